The van der Waals surface area contributed by atoms with E-state index >= 15 is 0 Å². The molecule has 0 aliphatic heterocycles. The molecule has 0 radical (unpaired) electrons. The van der Waals surface area contributed by atoms with E-state index in [2.05, 4.69) is 15.5 Å². The van der Waals surface area contributed by atoms with Gasteiger partial charge in [0.15, 0.2) is 0 Å². The molecule has 1 aromatic carbocycles. The monoisotopic (exact) mass is 364 g/mol. The van der Waals surface area contributed by atoms with E-state index in [1.807, 2.05) is 4.98 Å². The number of carbonyl (C=O) groups excluding carboxylic acids is 1. The molecular weight excluding hydrogens is 353 g/mol. The van der Waals surface area contributed by atoms with Gasteiger partial charge < -0.3 is 10.3 Å². The van der Waals surface area contributed by atoms with Gasteiger partial charge in [-0.25, -0.2) is 5.10 Å². The number of hydrogen-bond donors (Lipinski definition) is 3. The Balaban J connectivity index is 1.88. The van der Waals surface area contributed by atoms with E-state index in [-0.39, 0.29) is 12.1 Å². The Kier molecular flexibility index (Phi) is 4.33. The van der Waals surface area contributed by atoms with Crippen LogP contribution in [0.5, 0.6) is 0 Å². The Bertz CT molecular complexity index is 1100. The third-order valence-electron chi connectivity index (χ3n) is 3.61. The number of carbonyl (C=O) groups is 1. The zero-order chi connectivity index (χ0) is 18.9. The first-order valence-corrected chi connectivity index (χ1v) is 7.32. The number of H-pyrrole nitrogens is 2. The molecule has 0 saturated heterocycles. The summed E-state index contributed by atoms with van der Waals surface area (Å²) in [6.07, 6.45) is -4.48. The summed E-state index contributed by atoms with van der Waals surface area (Å²) in [6, 6.07) is 6.99. The number of nitrogens with zero attached hydrogens (tertiary/aromatic N) is 1. The van der Waals surface area contributed by atoms with Crippen molar-refractivity contribution in [2.24, 2.45) is 0 Å². The Morgan fingerprint density at radius 3 is 2.50 bits per heavy atom. The van der Waals surface area contributed by atoms with Crippen molar-refractivity contribution in [2.45, 2.75) is 12.6 Å². The number of aromatic nitrogens is 3. The van der Waals surface area contributed by atoms with E-state index in [9.17, 15) is 27.6 Å². The second-order valence-corrected chi connectivity index (χ2v) is 5.40. The molecule has 0 fully saturated rings. The first kappa shape index (κ1) is 17.4. The van der Waals surface area contributed by atoms with Crippen LogP contribution in [0.2, 0.25) is 0 Å². The van der Waals surface area contributed by atoms with E-state index in [0.717, 1.165) is 0 Å². The molecule has 2 aromatic heterocycles. The Hall–Kier alpha value is -3.43. The summed E-state index contributed by atoms with van der Waals surface area (Å²) in [5.41, 5.74) is -2.70. The number of hydrogen-bond acceptors (Lipinski definition) is 4. The van der Waals surface area contributed by atoms with Crippen LogP contribution in [0.1, 0.15) is 11.3 Å². The van der Waals surface area contributed by atoms with Crippen LogP contribution in [0.15, 0.2) is 46.1 Å². The molecule has 0 bridgehead atoms. The van der Waals surface area contributed by atoms with Gasteiger partial charge in [-0.1, -0.05) is 18.2 Å². The van der Waals surface area contributed by atoms with Crippen LogP contribution in [0.3, 0.4) is 0 Å². The van der Waals surface area contributed by atoms with Gasteiger partial charge in [0.1, 0.15) is 5.69 Å². The topological polar surface area (TPSA) is 108 Å². The number of benzene rings is 1. The average molecular weight is 364 g/mol. The first-order valence-electron chi connectivity index (χ1n) is 7.32. The highest BCUT2D eigenvalue weighted by atomic mass is 19.4. The highest BCUT2D eigenvalue weighted by molar-refractivity contribution is 5.95. The number of alkyl halides is 3. The van der Waals surface area contributed by atoms with Crippen LogP contribution < -0.4 is 16.4 Å². The van der Waals surface area contributed by atoms with Crippen LogP contribution in [0.4, 0.5) is 18.9 Å². The summed E-state index contributed by atoms with van der Waals surface area (Å²) < 4.78 is 38.2. The first-order chi connectivity index (χ1) is 12.3. The highest BCUT2D eigenvalue weighted by Gasteiger charge is 2.31. The van der Waals surface area contributed by atoms with Crippen molar-refractivity contribution in [3.05, 3.63) is 68.5 Å². The van der Waals surface area contributed by atoms with E-state index in [1.165, 1.54) is 0 Å². The van der Waals surface area contributed by atoms with Crippen molar-refractivity contribution in [2.75, 3.05) is 5.32 Å². The van der Waals surface area contributed by atoms with Crippen molar-refractivity contribution in [3.8, 4) is 0 Å². The molecule has 26 heavy (non-hydrogen) atoms. The molecule has 0 atom stereocenters. The molecule has 3 aromatic rings. The van der Waals surface area contributed by atoms with Crippen molar-refractivity contribution in [1.29, 1.82) is 0 Å². The number of aromatic amines is 2. The van der Waals surface area contributed by atoms with Gasteiger partial charge in [-0.05, 0) is 12.1 Å². The molecule has 7 nitrogen and oxygen atoms in total. The summed E-state index contributed by atoms with van der Waals surface area (Å²) in [6.45, 7) is 0. The SMILES string of the molecule is O=C(Cc1n[nH]c(=O)c2ccccc12)Nc1cc(C(F)(F)F)c[nH]c1=O. The molecule has 0 unspecified atom stereocenters. The summed E-state index contributed by atoms with van der Waals surface area (Å²) in [7, 11) is 0. The number of nitrogens with one attached hydrogen (secondary N) is 3. The predicted molar refractivity (Wildman–Crippen MR) is 86.8 cm³/mol. The number of fused-ring (bicyclic) bond motifs is 1. The lowest BCUT2D eigenvalue weighted by molar-refractivity contribution is -0.137. The van der Waals surface area contributed by atoms with Crippen molar-refractivity contribution < 1.29 is 18.0 Å². The Morgan fingerprint density at radius 1 is 1.12 bits per heavy atom. The predicted octanol–water partition coefficient (Wildman–Crippen LogP) is 1.81. The fourth-order valence-electron chi connectivity index (χ4n) is 2.39. The van der Waals surface area contributed by atoms with Gasteiger partial charge in [0.25, 0.3) is 11.1 Å². The molecule has 0 aliphatic rings. The summed E-state index contributed by atoms with van der Waals surface area (Å²) in [5, 5.41) is 8.95. The maximum Gasteiger partial charge on any atom is 0.417 e. The van der Waals surface area contributed by atoms with E-state index in [0.29, 0.717) is 23.0 Å². The Labute approximate surface area is 142 Å². The van der Waals surface area contributed by atoms with Crippen LogP contribution in [0, 0.1) is 0 Å². The minimum atomic E-state index is -4.67. The zero-order valence-corrected chi connectivity index (χ0v) is 13.0. The smallest absolute Gasteiger partial charge is 0.327 e. The van der Waals surface area contributed by atoms with Crippen molar-refractivity contribution in [1.82, 2.24) is 15.2 Å². The molecule has 134 valence electrons. The minimum Gasteiger partial charge on any atom is -0.327 e. The zero-order valence-electron chi connectivity index (χ0n) is 13.0. The van der Waals surface area contributed by atoms with E-state index in [1.54, 1.807) is 24.3 Å². The normalized spacial score (nSPS) is 11.5. The summed E-state index contributed by atoms with van der Waals surface area (Å²) >= 11 is 0. The second-order valence-electron chi connectivity index (χ2n) is 5.40. The molecule has 3 rings (SSSR count). The van der Waals surface area contributed by atoms with Gasteiger partial charge in [0.2, 0.25) is 5.91 Å². The number of amides is 1. The number of halogens is 3. The lowest BCUT2D eigenvalue weighted by Crippen LogP contribution is -2.23. The molecule has 3 N–H and O–H groups in total. The summed E-state index contributed by atoms with van der Waals surface area (Å²) in [5.74, 6) is -0.750. The molecule has 1 amide bonds. The number of pyridine rings is 1. The maximum atomic E-state index is 12.7. The standard InChI is InChI=1S/C16H11F3N4O3/c17-16(18,19)8-5-12(15(26)20-7-8)21-13(24)6-11-9-3-1-2-4-10(9)14(25)23-22-11/h1-5,7H,6H2,(H,20,26)(H,21,24)(H,23,25). The van der Waals surface area contributed by atoms with Gasteiger partial charge in [-0.2, -0.15) is 18.3 Å². The van der Waals surface area contributed by atoms with Crippen molar-refractivity contribution in [3.63, 3.8) is 0 Å². The fourth-order valence-corrected chi connectivity index (χ4v) is 2.39. The van der Waals surface area contributed by atoms with Crippen LogP contribution in [-0.4, -0.2) is 21.1 Å². The van der Waals surface area contributed by atoms with Gasteiger partial charge in [-0.3, -0.25) is 14.4 Å². The fraction of sp³-hybridized carbons (Fsp3) is 0.125. The minimum absolute atomic E-state index is 0.223. The quantitative estimate of drug-likeness (QED) is 0.659. The number of rotatable bonds is 3. The van der Waals surface area contributed by atoms with Crippen LogP contribution >= 0.6 is 0 Å². The third-order valence-corrected chi connectivity index (χ3v) is 3.61. The largest absolute Gasteiger partial charge is 0.417 e. The van der Waals surface area contributed by atoms with Gasteiger partial charge in [-0.15, -0.1) is 0 Å². The average Bonchev–Trinajstić information content (AvgIpc) is 2.58. The lowest BCUT2D eigenvalue weighted by atomic mass is 10.1. The molecule has 0 spiro atoms. The maximum absolute atomic E-state index is 12.7. The highest BCUT2D eigenvalue weighted by Crippen LogP contribution is 2.29. The molecule has 2 heterocycles. The Morgan fingerprint density at radius 2 is 1.81 bits per heavy atom. The van der Waals surface area contributed by atoms with E-state index in [4.69, 9.17) is 0 Å². The van der Waals surface area contributed by atoms with Crippen LogP contribution in [-0.2, 0) is 17.4 Å². The molecular formula is C16H11F3N4O3. The van der Waals surface area contributed by atoms with Gasteiger partial charge in [0, 0.05) is 11.6 Å². The van der Waals surface area contributed by atoms with Crippen LogP contribution in [0.25, 0.3) is 10.8 Å². The van der Waals surface area contributed by atoms with E-state index < -0.39 is 34.5 Å². The van der Waals surface area contributed by atoms with Crippen molar-refractivity contribution >= 4 is 22.4 Å². The van der Waals surface area contributed by atoms with Gasteiger partial charge >= 0.3 is 6.18 Å². The molecule has 10 heteroatoms. The number of anilines is 1. The molecule has 0 saturated carbocycles. The third kappa shape index (κ3) is 3.48. The summed E-state index contributed by atoms with van der Waals surface area (Å²) in [4.78, 5) is 37.4. The molecule has 0 aliphatic carbocycles. The lowest BCUT2D eigenvalue weighted by Gasteiger charge is -2.09. The second kappa shape index (κ2) is 6.47. The van der Waals surface area contributed by atoms with Gasteiger partial charge in [0.05, 0.1) is 23.1 Å².